The lowest BCUT2D eigenvalue weighted by atomic mass is 9.93. The Balaban J connectivity index is 1.99. The maximum absolute atomic E-state index is 13.5. The molecule has 0 aromatic heterocycles. The fourth-order valence-electron chi connectivity index (χ4n) is 4.20. The molecule has 5 nitrogen and oxygen atoms in total. The minimum absolute atomic E-state index is 0.0474. The number of amides is 1. The molecule has 1 unspecified atom stereocenters. The smallest absolute Gasteiger partial charge is 0.300 e. The number of carbonyl (C=O) groups excluding carboxylic acids is 2. The largest absolute Gasteiger partial charge is 0.507 e. The zero-order valence-corrected chi connectivity index (χ0v) is 17.9. The van der Waals surface area contributed by atoms with Gasteiger partial charge in [-0.05, 0) is 60.9 Å². The average Bonchev–Trinajstić information content (AvgIpc) is 3.04. The molecule has 162 valence electrons. The summed E-state index contributed by atoms with van der Waals surface area (Å²) in [6.45, 7) is 3.71. The zero-order chi connectivity index (χ0) is 23.0. The summed E-state index contributed by atoms with van der Waals surface area (Å²) in [6, 6.07) is 17.0. The first kappa shape index (κ1) is 21.3. The molecule has 1 amide bonds. The Kier molecular flexibility index (Phi) is 5.53. The normalized spacial score (nSPS) is 17.6. The van der Waals surface area contributed by atoms with Crippen molar-refractivity contribution in [1.29, 1.82) is 0 Å². The number of Topliss-reactive ketones (excluding diaryl/α,β-unsaturated/α-hetero) is 1. The summed E-state index contributed by atoms with van der Waals surface area (Å²) in [5, 5.41) is 11.3. The minimum Gasteiger partial charge on any atom is -0.507 e. The molecule has 0 saturated carbocycles. The third-order valence-corrected chi connectivity index (χ3v) is 5.54. The van der Waals surface area contributed by atoms with Crippen LogP contribution in [0, 0.1) is 19.7 Å². The number of benzene rings is 3. The van der Waals surface area contributed by atoms with Gasteiger partial charge in [-0.25, -0.2) is 4.39 Å². The van der Waals surface area contributed by atoms with Crippen LogP contribution in [-0.4, -0.2) is 23.9 Å². The fraction of sp³-hybridized carbons (Fsp3) is 0.154. The second kappa shape index (κ2) is 8.30. The van der Waals surface area contributed by atoms with Crippen molar-refractivity contribution in [2.45, 2.75) is 19.9 Å². The van der Waals surface area contributed by atoms with Crippen LogP contribution in [0.5, 0.6) is 5.75 Å². The number of methoxy groups -OCH3 is 1. The summed E-state index contributed by atoms with van der Waals surface area (Å²) in [5.41, 5.74) is 2.94. The Bertz CT molecular complexity index is 1230. The van der Waals surface area contributed by atoms with Gasteiger partial charge in [0, 0.05) is 5.69 Å². The van der Waals surface area contributed by atoms with Crippen molar-refractivity contribution in [3.05, 3.63) is 100 Å². The van der Waals surface area contributed by atoms with Crippen LogP contribution in [0.2, 0.25) is 0 Å². The first-order valence-corrected chi connectivity index (χ1v) is 10.1. The highest BCUT2D eigenvalue weighted by molar-refractivity contribution is 6.51. The number of aryl methyl sites for hydroxylation is 2. The molecule has 0 aliphatic carbocycles. The lowest BCUT2D eigenvalue weighted by Crippen LogP contribution is -2.29. The van der Waals surface area contributed by atoms with Gasteiger partial charge < -0.3 is 9.84 Å². The molecule has 1 aliphatic rings. The van der Waals surface area contributed by atoms with Gasteiger partial charge in [-0.1, -0.05) is 36.4 Å². The molecule has 3 aromatic rings. The molecule has 1 heterocycles. The molecule has 1 saturated heterocycles. The third-order valence-electron chi connectivity index (χ3n) is 5.54. The fourth-order valence-corrected chi connectivity index (χ4v) is 4.20. The summed E-state index contributed by atoms with van der Waals surface area (Å²) in [7, 11) is 1.49. The Morgan fingerprint density at radius 1 is 1.00 bits per heavy atom. The highest BCUT2D eigenvalue weighted by Gasteiger charge is 2.47. The topological polar surface area (TPSA) is 66.8 Å². The average molecular weight is 431 g/mol. The van der Waals surface area contributed by atoms with E-state index in [2.05, 4.69) is 0 Å². The van der Waals surface area contributed by atoms with Crippen molar-refractivity contribution in [2.24, 2.45) is 0 Å². The summed E-state index contributed by atoms with van der Waals surface area (Å²) < 4.78 is 19.0. The van der Waals surface area contributed by atoms with E-state index in [0.29, 0.717) is 22.6 Å². The molecule has 32 heavy (non-hydrogen) atoms. The van der Waals surface area contributed by atoms with Gasteiger partial charge in [-0.2, -0.15) is 0 Å². The van der Waals surface area contributed by atoms with Crippen LogP contribution < -0.4 is 9.64 Å². The minimum atomic E-state index is -0.882. The van der Waals surface area contributed by atoms with Crippen LogP contribution in [0.3, 0.4) is 0 Å². The van der Waals surface area contributed by atoms with Crippen molar-refractivity contribution >= 4 is 23.1 Å². The third kappa shape index (κ3) is 3.54. The molecule has 0 radical (unpaired) electrons. The molecule has 1 aliphatic heterocycles. The molecular weight excluding hydrogens is 409 g/mol. The van der Waals surface area contributed by atoms with Crippen molar-refractivity contribution in [3.63, 3.8) is 0 Å². The van der Waals surface area contributed by atoms with E-state index in [1.807, 2.05) is 26.0 Å². The number of halogens is 1. The summed E-state index contributed by atoms with van der Waals surface area (Å²) >= 11 is 0. The first-order valence-electron chi connectivity index (χ1n) is 10.1. The predicted molar refractivity (Wildman–Crippen MR) is 120 cm³/mol. The molecular formula is C26H22FNO4. The monoisotopic (exact) mass is 431 g/mol. The summed E-state index contributed by atoms with van der Waals surface area (Å²) in [5.74, 6) is -1.96. The van der Waals surface area contributed by atoms with E-state index >= 15 is 0 Å². The number of hydrogen-bond acceptors (Lipinski definition) is 4. The quantitative estimate of drug-likeness (QED) is 0.356. The van der Waals surface area contributed by atoms with Crippen LogP contribution in [0.4, 0.5) is 10.1 Å². The van der Waals surface area contributed by atoms with E-state index in [1.165, 1.54) is 36.3 Å². The van der Waals surface area contributed by atoms with E-state index in [4.69, 9.17) is 4.74 Å². The highest BCUT2D eigenvalue weighted by Crippen LogP contribution is 2.43. The van der Waals surface area contributed by atoms with Gasteiger partial charge >= 0.3 is 0 Å². The number of anilines is 1. The number of carbonyl (C=O) groups is 2. The lowest BCUT2D eigenvalue weighted by Gasteiger charge is -2.25. The Morgan fingerprint density at radius 3 is 2.28 bits per heavy atom. The van der Waals surface area contributed by atoms with Crippen molar-refractivity contribution < 1.29 is 23.8 Å². The molecule has 3 aromatic carbocycles. The van der Waals surface area contributed by atoms with Crippen LogP contribution in [0.25, 0.3) is 5.76 Å². The first-order chi connectivity index (χ1) is 15.3. The predicted octanol–water partition coefficient (Wildman–Crippen LogP) is 5.08. The molecule has 1 N–H and O–H groups in total. The molecule has 6 heteroatoms. The molecule has 0 bridgehead atoms. The van der Waals surface area contributed by atoms with Gasteiger partial charge in [-0.3, -0.25) is 14.5 Å². The SMILES string of the molecule is COc1c(C)cc(C)cc1/C(O)=C1\C(=O)C(=O)N(c2ccc(F)cc2)C1c1ccccc1. The number of aliphatic hydroxyl groups is 1. The van der Waals surface area contributed by atoms with Crippen molar-refractivity contribution in [1.82, 2.24) is 0 Å². The molecule has 1 atom stereocenters. The van der Waals surface area contributed by atoms with Gasteiger partial charge in [0.05, 0.1) is 24.3 Å². The second-order valence-electron chi connectivity index (χ2n) is 7.72. The Hall–Kier alpha value is -3.93. The van der Waals surface area contributed by atoms with Gasteiger partial charge in [-0.15, -0.1) is 0 Å². The zero-order valence-electron chi connectivity index (χ0n) is 17.9. The van der Waals surface area contributed by atoms with Crippen molar-refractivity contribution in [2.75, 3.05) is 12.0 Å². The number of ketones is 1. The van der Waals surface area contributed by atoms with Crippen LogP contribution in [-0.2, 0) is 9.59 Å². The second-order valence-corrected chi connectivity index (χ2v) is 7.72. The van der Waals surface area contributed by atoms with Gasteiger partial charge in [0.25, 0.3) is 11.7 Å². The molecule has 0 spiro atoms. The van der Waals surface area contributed by atoms with Crippen LogP contribution in [0.15, 0.2) is 72.3 Å². The number of ether oxygens (including phenoxy) is 1. The molecule has 1 fully saturated rings. The van der Waals surface area contributed by atoms with E-state index < -0.39 is 23.5 Å². The van der Waals surface area contributed by atoms with E-state index in [9.17, 15) is 19.1 Å². The lowest BCUT2D eigenvalue weighted by molar-refractivity contribution is -0.132. The van der Waals surface area contributed by atoms with Crippen molar-refractivity contribution in [3.8, 4) is 5.75 Å². The maximum Gasteiger partial charge on any atom is 0.300 e. The van der Waals surface area contributed by atoms with Crippen LogP contribution >= 0.6 is 0 Å². The maximum atomic E-state index is 13.5. The van der Waals surface area contributed by atoms with Gasteiger partial charge in [0.2, 0.25) is 0 Å². The standard InChI is InChI=1S/C26H22FNO4/c1-15-13-16(2)25(32-3)20(14-15)23(29)21-22(17-7-5-4-6-8-17)28(26(31)24(21)30)19-11-9-18(27)10-12-19/h4-14,22,29H,1-3H3/b23-21+. The van der Waals surface area contributed by atoms with Crippen LogP contribution in [0.1, 0.15) is 28.3 Å². The summed E-state index contributed by atoms with van der Waals surface area (Å²) in [6.07, 6.45) is 0. The molecule has 4 rings (SSSR count). The van der Waals surface area contributed by atoms with Gasteiger partial charge in [0.15, 0.2) is 0 Å². The highest BCUT2D eigenvalue weighted by atomic mass is 19.1. The Labute approximate surface area is 185 Å². The Morgan fingerprint density at radius 2 is 1.66 bits per heavy atom. The number of nitrogens with zero attached hydrogens (tertiary/aromatic N) is 1. The number of hydrogen-bond donors (Lipinski definition) is 1. The number of rotatable bonds is 4. The van der Waals surface area contributed by atoms with Gasteiger partial charge in [0.1, 0.15) is 17.3 Å². The number of aliphatic hydroxyl groups excluding tert-OH is 1. The summed E-state index contributed by atoms with van der Waals surface area (Å²) in [4.78, 5) is 27.6. The van der Waals surface area contributed by atoms with E-state index in [-0.39, 0.29) is 11.3 Å². The van der Waals surface area contributed by atoms with E-state index in [0.717, 1.165) is 11.1 Å². The van der Waals surface area contributed by atoms with E-state index in [1.54, 1.807) is 30.3 Å².